The van der Waals surface area contributed by atoms with E-state index in [4.69, 9.17) is 10.5 Å². The Morgan fingerprint density at radius 1 is 1.28 bits per heavy atom. The van der Waals surface area contributed by atoms with Gasteiger partial charge in [0.1, 0.15) is 0 Å². The number of nitrogens with two attached hydrogens (primary N) is 1. The van der Waals surface area contributed by atoms with Crippen molar-refractivity contribution in [2.24, 2.45) is 0 Å². The number of aromatic nitrogens is 1. The molecule has 0 aliphatic heterocycles. The van der Waals surface area contributed by atoms with Crippen molar-refractivity contribution in [2.45, 2.75) is 63.8 Å². The van der Waals surface area contributed by atoms with E-state index in [0.717, 1.165) is 36.8 Å². The van der Waals surface area contributed by atoms with E-state index in [9.17, 15) is 18.0 Å². The smallest absolute Gasteiger partial charge is 0.417 e. The Morgan fingerprint density at radius 3 is 2.59 bits per heavy atom. The maximum Gasteiger partial charge on any atom is 0.417 e. The lowest BCUT2D eigenvalue weighted by Gasteiger charge is -2.28. The van der Waals surface area contributed by atoms with Crippen molar-refractivity contribution >= 4 is 23.1 Å². The number of carbonyl (C=O) groups excluding carboxylic acids is 1. The molecule has 1 aliphatic carbocycles. The topological polar surface area (TPSA) is 77.2 Å². The summed E-state index contributed by atoms with van der Waals surface area (Å²) in [6.07, 6.45) is -0.377. The van der Waals surface area contributed by atoms with Gasteiger partial charge in [-0.15, -0.1) is 11.3 Å². The highest BCUT2D eigenvalue weighted by molar-refractivity contribution is 7.15. The zero-order valence-corrected chi connectivity index (χ0v) is 17.1. The van der Waals surface area contributed by atoms with Crippen molar-refractivity contribution in [1.82, 2.24) is 10.3 Å². The lowest BCUT2D eigenvalue weighted by Crippen LogP contribution is -2.38. The van der Waals surface area contributed by atoms with Gasteiger partial charge in [-0.1, -0.05) is 6.07 Å². The van der Waals surface area contributed by atoms with Crippen LogP contribution in [-0.2, 0) is 10.9 Å². The fraction of sp³-hybridized carbons (Fsp3) is 0.500. The summed E-state index contributed by atoms with van der Waals surface area (Å²) in [6, 6.07) is 3.88. The second-order valence-electron chi connectivity index (χ2n) is 7.51. The number of carbonyl (C=O) groups is 1. The van der Waals surface area contributed by atoms with Crippen LogP contribution in [-0.4, -0.2) is 23.2 Å². The fourth-order valence-electron chi connectivity index (χ4n) is 3.51. The number of alkyl halides is 3. The van der Waals surface area contributed by atoms with Gasteiger partial charge >= 0.3 is 12.3 Å². The Balaban J connectivity index is 1.67. The largest absolute Gasteiger partial charge is 0.447 e. The number of rotatable bonds is 4. The van der Waals surface area contributed by atoms with E-state index < -0.39 is 17.8 Å². The molecule has 1 saturated carbocycles. The van der Waals surface area contributed by atoms with Crippen LogP contribution in [0.15, 0.2) is 24.4 Å². The van der Waals surface area contributed by atoms with E-state index >= 15 is 0 Å². The summed E-state index contributed by atoms with van der Waals surface area (Å²) < 4.78 is 45.3. The Bertz CT molecular complexity index is 859. The van der Waals surface area contributed by atoms with E-state index in [1.165, 1.54) is 29.7 Å². The summed E-state index contributed by atoms with van der Waals surface area (Å²) in [7, 11) is 0. The Hall–Kier alpha value is -2.29. The van der Waals surface area contributed by atoms with Gasteiger partial charge in [-0.3, -0.25) is 0 Å². The number of benzene rings is 1. The van der Waals surface area contributed by atoms with E-state index in [1.54, 1.807) is 13.8 Å². The standard InChI is InChI=1S/C20H24F3N3O2S/c1-11(2)28-19(27)26-14-6-3-12(4-7-14)18-25-10-17(29-18)15-8-5-13(24)9-16(15)20(21,22)23/h5,8-12,14H,3-4,6-7,24H2,1-2H3,(H,26,27). The second kappa shape index (κ2) is 8.61. The predicted molar refractivity (Wildman–Crippen MR) is 107 cm³/mol. The van der Waals surface area contributed by atoms with Crippen LogP contribution in [0.1, 0.15) is 56.0 Å². The van der Waals surface area contributed by atoms with Gasteiger partial charge in [-0.05, 0) is 51.7 Å². The minimum absolute atomic E-state index is 0.0471. The molecule has 29 heavy (non-hydrogen) atoms. The van der Waals surface area contributed by atoms with Crippen LogP contribution < -0.4 is 11.1 Å². The molecular formula is C20H24F3N3O2S. The number of hydrogen-bond acceptors (Lipinski definition) is 5. The number of halogens is 3. The third-order valence-corrected chi connectivity index (χ3v) is 6.07. The van der Waals surface area contributed by atoms with Crippen molar-refractivity contribution < 1.29 is 22.7 Å². The van der Waals surface area contributed by atoms with Gasteiger partial charge in [0.15, 0.2) is 0 Å². The minimum atomic E-state index is -4.48. The summed E-state index contributed by atoms with van der Waals surface area (Å²) in [5.41, 5.74) is 4.98. The molecule has 0 unspecified atom stereocenters. The maximum absolute atomic E-state index is 13.4. The van der Waals surface area contributed by atoms with E-state index in [-0.39, 0.29) is 29.3 Å². The number of nitrogens with one attached hydrogen (secondary N) is 1. The molecule has 1 amide bonds. The lowest BCUT2D eigenvalue weighted by molar-refractivity contribution is -0.137. The second-order valence-corrected chi connectivity index (χ2v) is 8.57. The van der Waals surface area contributed by atoms with Crippen LogP contribution in [0.2, 0.25) is 0 Å². The molecular weight excluding hydrogens is 403 g/mol. The van der Waals surface area contributed by atoms with Crippen molar-refractivity contribution in [1.29, 1.82) is 0 Å². The molecule has 1 heterocycles. The predicted octanol–water partition coefficient (Wildman–Crippen LogP) is 5.57. The molecule has 2 aromatic rings. The van der Waals surface area contributed by atoms with Crippen LogP contribution >= 0.6 is 11.3 Å². The Kier molecular flexibility index (Phi) is 6.36. The van der Waals surface area contributed by atoms with Crippen molar-refractivity contribution in [3.8, 4) is 10.4 Å². The number of thiazole rings is 1. The van der Waals surface area contributed by atoms with E-state index in [2.05, 4.69) is 10.3 Å². The first-order chi connectivity index (χ1) is 13.6. The molecule has 9 heteroatoms. The number of ether oxygens (including phenoxy) is 1. The van der Waals surface area contributed by atoms with Crippen LogP contribution in [0.25, 0.3) is 10.4 Å². The summed E-state index contributed by atoms with van der Waals surface area (Å²) in [4.78, 5) is 16.6. The zero-order chi connectivity index (χ0) is 21.2. The minimum Gasteiger partial charge on any atom is -0.447 e. The number of nitrogens with zero attached hydrogens (tertiary/aromatic N) is 1. The van der Waals surface area contributed by atoms with Gasteiger partial charge in [0.05, 0.1) is 21.6 Å². The monoisotopic (exact) mass is 427 g/mol. The van der Waals surface area contributed by atoms with Crippen molar-refractivity contribution in [2.75, 3.05) is 5.73 Å². The highest BCUT2D eigenvalue weighted by Gasteiger charge is 2.34. The highest BCUT2D eigenvalue weighted by atomic mass is 32.1. The average Bonchev–Trinajstić information content (AvgIpc) is 3.10. The molecule has 0 spiro atoms. The van der Waals surface area contributed by atoms with Crippen LogP contribution in [0, 0.1) is 0 Å². The van der Waals surface area contributed by atoms with Crippen LogP contribution in [0.5, 0.6) is 0 Å². The molecule has 1 fully saturated rings. The normalized spacial score (nSPS) is 19.9. The van der Waals surface area contributed by atoms with Crippen molar-refractivity contribution in [3.05, 3.63) is 35.0 Å². The molecule has 1 aliphatic rings. The summed E-state index contributed by atoms with van der Waals surface area (Å²) >= 11 is 1.29. The summed E-state index contributed by atoms with van der Waals surface area (Å²) in [6.45, 7) is 3.59. The molecule has 0 bridgehead atoms. The Labute approximate surface area is 171 Å². The fourth-order valence-corrected chi connectivity index (χ4v) is 4.64. The molecule has 158 valence electrons. The quantitative estimate of drug-likeness (QED) is 0.625. The molecule has 0 atom stereocenters. The van der Waals surface area contributed by atoms with Gasteiger partial charge in [0.25, 0.3) is 0 Å². The first-order valence-electron chi connectivity index (χ1n) is 9.53. The van der Waals surface area contributed by atoms with E-state index in [0.29, 0.717) is 4.88 Å². The highest BCUT2D eigenvalue weighted by Crippen LogP contribution is 2.42. The van der Waals surface area contributed by atoms with Crippen molar-refractivity contribution in [3.63, 3.8) is 0 Å². The molecule has 1 aromatic heterocycles. The van der Waals surface area contributed by atoms with E-state index in [1.807, 2.05) is 0 Å². The summed E-state index contributed by atoms with van der Waals surface area (Å²) in [5, 5.41) is 3.69. The average molecular weight is 427 g/mol. The van der Waals surface area contributed by atoms with Crippen LogP contribution in [0.3, 0.4) is 0 Å². The number of hydrogen-bond donors (Lipinski definition) is 2. The molecule has 5 nitrogen and oxygen atoms in total. The number of nitrogen functional groups attached to an aromatic ring is 1. The van der Waals surface area contributed by atoms with Gasteiger partial charge < -0.3 is 15.8 Å². The number of alkyl carbamates (subject to hydrolysis) is 1. The molecule has 1 aromatic carbocycles. The number of amides is 1. The zero-order valence-electron chi connectivity index (χ0n) is 16.3. The lowest BCUT2D eigenvalue weighted by atomic mass is 9.86. The van der Waals surface area contributed by atoms with Gasteiger partial charge in [0, 0.05) is 29.4 Å². The number of anilines is 1. The van der Waals surface area contributed by atoms with Gasteiger partial charge in [0.2, 0.25) is 0 Å². The maximum atomic E-state index is 13.4. The first-order valence-corrected chi connectivity index (χ1v) is 10.3. The van der Waals surface area contributed by atoms with Gasteiger partial charge in [-0.2, -0.15) is 13.2 Å². The Morgan fingerprint density at radius 2 is 1.97 bits per heavy atom. The molecule has 3 rings (SSSR count). The van der Waals surface area contributed by atoms with Crippen LogP contribution in [0.4, 0.5) is 23.7 Å². The summed E-state index contributed by atoms with van der Waals surface area (Å²) in [5.74, 6) is 0.177. The molecule has 3 N–H and O–H groups in total. The third kappa shape index (κ3) is 5.41. The molecule has 0 saturated heterocycles. The molecule has 0 radical (unpaired) electrons. The third-order valence-electron chi connectivity index (χ3n) is 4.88. The van der Waals surface area contributed by atoms with Gasteiger partial charge in [-0.25, -0.2) is 9.78 Å². The first kappa shape index (κ1) is 21.4. The SMILES string of the molecule is CC(C)OC(=O)NC1CCC(c2ncc(-c3ccc(N)cc3C(F)(F)F)s2)CC1.